The van der Waals surface area contributed by atoms with Gasteiger partial charge in [-0.2, -0.15) is 0 Å². The monoisotopic (exact) mass is 238 g/mol. The van der Waals surface area contributed by atoms with Crippen LogP contribution in [-0.4, -0.2) is 10.4 Å². The summed E-state index contributed by atoms with van der Waals surface area (Å²) in [4.78, 5) is 14.9. The van der Waals surface area contributed by atoms with Crippen LogP contribution in [0.1, 0.15) is 30.7 Å². The molecule has 1 aliphatic rings. The van der Waals surface area contributed by atoms with Gasteiger partial charge < -0.3 is 4.57 Å². The van der Waals surface area contributed by atoms with Crippen LogP contribution in [0.25, 0.3) is 15.7 Å². The highest BCUT2D eigenvalue weighted by molar-refractivity contribution is 5.89. The van der Waals surface area contributed by atoms with Crippen molar-refractivity contribution in [2.45, 2.75) is 25.2 Å². The lowest BCUT2D eigenvalue weighted by Crippen LogP contribution is -1.93. The molecule has 90 valence electrons. The van der Waals surface area contributed by atoms with E-state index in [1.165, 1.54) is 5.56 Å². The number of aromatic nitrogens is 1. The number of Topliss-reactive ketones (excluding diaryl/α,β-unsaturated/α-hetero) is 1. The van der Waals surface area contributed by atoms with Gasteiger partial charge >= 0.3 is 0 Å². The van der Waals surface area contributed by atoms with Crippen molar-refractivity contribution in [3.63, 3.8) is 0 Å². The molecular weight excluding hydrogens is 224 g/mol. The van der Waals surface area contributed by atoms with Crippen molar-refractivity contribution >= 4 is 22.4 Å². The van der Waals surface area contributed by atoms with Crippen LogP contribution in [-0.2, 0) is 11.8 Å². The van der Waals surface area contributed by atoms with E-state index in [9.17, 15) is 4.79 Å². The molecule has 0 aliphatic heterocycles. The lowest BCUT2D eigenvalue weighted by molar-refractivity contribution is -0.117. The fourth-order valence-corrected chi connectivity index (χ4v) is 2.89. The molecule has 0 radical (unpaired) electrons. The van der Waals surface area contributed by atoms with Gasteiger partial charge in [-0.1, -0.05) is 6.07 Å². The standard InChI is InChI=1S/C15H14N2O/c1-16-11-4-6-15-13(8-11)14(9-17(15)2)10-3-5-12(18)7-10/h4,6,8-10H,3,5,7H2,2H3. The third kappa shape index (κ3) is 1.62. The van der Waals surface area contributed by atoms with Crippen molar-refractivity contribution in [1.82, 2.24) is 4.57 Å². The Labute approximate surface area is 106 Å². The second-order valence-corrected chi connectivity index (χ2v) is 4.99. The third-order valence-corrected chi connectivity index (χ3v) is 3.82. The van der Waals surface area contributed by atoms with Crippen molar-refractivity contribution in [1.29, 1.82) is 0 Å². The minimum absolute atomic E-state index is 0.335. The van der Waals surface area contributed by atoms with Gasteiger partial charge in [0.2, 0.25) is 0 Å². The summed E-state index contributed by atoms with van der Waals surface area (Å²) in [5.41, 5.74) is 3.03. The Bertz CT molecular complexity index is 676. The summed E-state index contributed by atoms with van der Waals surface area (Å²) in [6.07, 6.45) is 4.41. The maximum Gasteiger partial charge on any atom is 0.187 e. The van der Waals surface area contributed by atoms with Gasteiger partial charge in [-0.15, -0.1) is 0 Å². The van der Waals surface area contributed by atoms with E-state index in [2.05, 4.69) is 15.6 Å². The molecule has 1 fully saturated rings. The zero-order chi connectivity index (χ0) is 12.7. The number of fused-ring (bicyclic) bond motifs is 1. The van der Waals surface area contributed by atoms with Gasteiger partial charge in [-0.05, 0) is 35.4 Å². The number of benzene rings is 1. The smallest absolute Gasteiger partial charge is 0.187 e. The molecule has 3 nitrogen and oxygen atoms in total. The Morgan fingerprint density at radius 3 is 2.94 bits per heavy atom. The van der Waals surface area contributed by atoms with E-state index >= 15 is 0 Å². The van der Waals surface area contributed by atoms with E-state index in [0.29, 0.717) is 30.2 Å². The minimum Gasteiger partial charge on any atom is -0.350 e. The number of carbonyl (C=O) groups excluding carboxylic acids is 1. The van der Waals surface area contributed by atoms with Gasteiger partial charge in [0.25, 0.3) is 0 Å². The zero-order valence-electron chi connectivity index (χ0n) is 10.3. The molecule has 0 spiro atoms. The Hall–Kier alpha value is -2.08. The summed E-state index contributed by atoms with van der Waals surface area (Å²) in [6.45, 7) is 7.10. The van der Waals surface area contributed by atoms with Gasteiger partial charge in [0.05, 0.1) is 6.57 Å². The Balaban J connectivity index is 2.17. The molecule has 0 saturated heterocycles. The number of hydrogen-bond acceptors (Lipinski definition) is 1. The number of aryl methyl sites for hydroxylation is 1. The van der Waals surface area contributed by atoms with Crippen LogP contribution >= 0.6 is 0 Å². The topological polar surface area (TPSA) is 26.4 Å². The van der Waals surface area contributed by atoms with Gasteiger partial charge in [0.1, 0.15) is 5.78 Å². The molecule has 1 unspecified atom stereocenters. The van der Waals surface area contributed by atoms with Crippen LogP contribution in [0.15, 0.2) is 24.4 Å². The average molecular weight is 238 g/mol. The predicted octanol–water partition coefficient (Wildman–Crippen LogP) is 3.57. The van der Waals surface area contributed by atoms with E-state index in [4.69, 9.17) is 6.57 Å². The molecule has 0 bridgehead atoms. The summed E-state index contributed by atoms with van der Waals surface area (Å²) in [5, 5.41) is 1.13. The highest BCUT2D eigenvalue weighted by Gasteiger charge is 2.26. The van der Waals surface area contributed by atoms with Crippen molar-refractivity contribution in [3.05, 3.63) is 41.4 Å². The number of hydrogen-bond donors (Lipinski definition) is 0. The second-order valence-electron chi connectivity index (χ2n) is 4.99. The summed E-state index contributed by atoms with van der Waals surface area (Å²) >= 11 is 0. The first-order valence-electron chi connectivity index (χ1n) is 6.17. The van der Waals surface area contributed by atoms with E-state index in [-0.39, 0.29) is 0 Å². The van der Waals surface area contributed by atoms with Crippen molar-refractivity contribution in [3.8, 4) is 0 Å². The average Bonchev–Trinajstić information content (AvgIpc) is 2.93. The highest BCUT2D eigenvalue weighted by atomic mass is 16.1. The maximum absolute atomic E-state index is 11.4. The normalized spacial score (nSPS) is 19.3. The Kier molecular flexibility index (Phi) is 2.45. The fraction of sp³-hybridized carbons (Fsp3) is 0.333. The van der Waals surface area contributed by atoms with Crippen LogP contribution in [0.5, 0.6) is 0 Å². The van der Waals surface area contributed by atoms with Gasteiger partial charge in [0.15, 0.2) is 5.69 Å². The molecule has 1 atom stereocenters. The van der Waals surface area contributed by atoms with E-state index in [0.717, 1.165) is 17.3 Å². The summed E-state index contributed by atoms with van der Waals surface area (Å²) in [6, 6.07) is 5.78. The summed E-state index contributed by atoms with van der Waals surface area (Å²) in [5.74, 6) is 0.695. The molecule has 0 N–H and O–H groups in total. The van der Waals surface area contributed by atoms with E-state index in [1.54, 1.807) is 0 Å². The van der Waals surface area contributed by atoms with Crippen LogP contribution < -0.4 is 0 Å². The molecule has 1 saturated carbocycles. The van der Waals surface area contributed by atoms with Crippen molar-refractivity contribution < 1.29 is 4.79 Å². The number of carbonyl (C=O) groups is 1. The summed E-state index contributed by atoms with van der Waals surface area (Å²) < 4.78 is 2.08. The first-order valence-corrected chi connectivity index (χ1v) is 6.17. The third-order valence-electron chi connectivity index (χ3n) is 3.82. The lowest BCUT2D eigenvalue weighted by atomic mass is 9.97. The molecule has 3 rings (SSSR count). The molecule has 2 aromatic rings. The first-order chi connectivity index (χ1) is 8.69. The first kappa shape index (κ1) is 11.0. The second kappa shape index (κ2) is 3.99. The van der Waals surface area contributed by atoms with Crippen LogP contribution in [0, 0.1) is 6.57 Å². The lowest BCUT2D eigenvalue weighted by Gasteiger charge is -2.06. The summed E-state index contributed by atoms with van der Waals surface area (Å²) in [7, 11) is 2.01. The quantitative estimate of drug-likeness (QED) is 0.697. The Morgan fingerprint density at radius 2 is 2.28 bits per heavy atom. The van der Waals surface area contributed by atoms with Crippen LogP contribution in [0.3, 0.4) is 0 Å². The molecule has 1 aromatic carbocycles. The number of rotatable bonds is 1. The molecule has 18 heavy (non-hydrogen) atoms. The van der Waals surface area contributed by atoms with Gasteiger partial charge in [-0.3, -0.25) is 4.79 Å². The molecule has 1 aliphatic carbocycles. The Morgan fingerprint density at radius 1 is 1.44 bits per heavy atom. The predicted molar refractivity (Wildman–Crippen MR) is 70.8 cm³/mol. The number of nitrogens with zero attached hydrogens (tertiary/aromatic N) is 2. The zero-order valence-corrected chi connectivity index (χ0v) is 10.3. The molecule has 1 aromatic heterocycles. The molecule has 0 amide bonds. The SMILES string of the molecule is [C-]#[N+]c1ccc2c(c1)c(C1CCC(=O)C1)cn2C. The van der Waals surface area contributed by atoms with Crippen molar-refractivity contribution in [2.75, 3.05) is 0 Å². The largest absolute Gasteiger partial charge is 0.350 e. The maximum atomic E-state index is 11.4. The van der Waals surface area contributed by atoms with Crippen molar-refractivity contribution in [2.24, 2.45) is 7.05 Å². The molecular formula is C15H14N2O. The van der Waals surface area contributed by atoms with E-state index < -0.39 is 0 Å². The fourth-order valence-electron chi connectivity index (χ4n) is 2.89. The molecule has 3 heteroatoms. The number of ketones is 1. The van der Waals surface area contributed by atoms with Gasteiger partial charge in [0, 0.05) is 31.6 Å². The molecule has 1 heterocycles. The minimum atomic E-state index is 0.335. The van der Waals surface area contributed by atoms with Crippen LogP contribution in [0.4, 0.5) is 5.69 Å². The van der Waals surface area contributed by atoms with E-state index in [1.807, 2.05) is 25.2 Å². The highest BCUT2D eigenvalue weighted by Crippen LogP contribution is 2.38. The van der Waals surface area contributed by atoms with Gasteiger partial charge in [-0.25, -0.2) is 4.85 Å². The van der Waals surface area contributed by atoms with Crippen LogP contribution in [0.2, 0.25) is 0 Å².